The van der Waals surface area contributed by atoms with E-state index in [1.54, 1.807) is 36.4 Å². The largest absolute Gasteiger partial charge is 0.507 e. The number of nitriles is 1. The number of aromatic nitrogens is 2. The zero-order valence-electron chi connectivity index (χ0n) is 13.4. The first-order chi connectivity index (χ1) is 12.1. The summed E-state index contributed by atoms with van der Waals surface area (Å²) in [6.07, 6.45) is 0.866. The van der Waals surface area contributed by atoms with E-state index in [-0.39, 0.29) is 5.75 Å². The summed E-state index contributed by atoms with van der Waals surface area (Å²) in [5.74, 6) is 1.48. The monoisotopic (exact) mass is 447 g/mol. The quantitative estimate of drug-likeness (QED) is 0.584. The van der Waals surface area contributed by atoms with Gasteiger partial charge < -0.3 is 14.4 Å². The molecule has 25 heavy (non-hydrogen) atoms. The number of phenols is 1. The summed E-state index contributed by atoms with van der Waals surface area (Å²) < 4.78 is 11.6. The summed E-state index contributed by atoms with van der Waals surface area (Å²) in [7, 11) is 0. The Balaban J connectivity index is 1.91. The Morgan fingerprint density at radius 1 is 1.24 bits per heavy atom. The molecule has 0 aliphatic heterocycles. The van der Waals surface area contributed by atoms with Gasteiger partial charge in [0, 0.05) is 11.1 Å². The fraction of sp³-hybridized carbons (Fsp3) is 0.167. The summed E-state index contributed by atoms with van der Waals surface area (Å²) >= 11 is 2.03. The summed E-state index contributed by atoms with van der Waals surface area (Å²) in [5.41, 5.74) is 1.80. The predicted molar refractivity (Wildman–Crippen MR) is 100 cm³/mol. The molecule has 3 aromatic rings. The van der Waals surface area contributed by atoms with Crippen molar-refractivity contribution in [2.45, 2.75) is 13.3 Å². The molecule has 1 aromatic heterocycles. The van der Waals surface area contributed by atoms with Crippen LogP contribution < -0.4 is 4.74 Å². The molecule has 0 saturated heterocycles. The van der Waals surface area contributed by atoms with Crippen molar-refractivity contribution in [3.05, 3.63) is 45.5 Å². The molecule has 3 rings (SSSR count). The smallest absolute Gasteiger partial charge is 0.258 e. The van der Waals surface area contributed by atoms with E-state index in [0.29, 0.717) is 38.8 Å². The molecule has 0 spiro atoms. The van der Waals surface area contributed by atoms with Crippen LogP contribution in [0.4, 0.5) is 0 Å². The van der Waals surface area contributed by atoms with Gasteiger partial charge in [0.2, 0.25) is 5.82 Å². The van der Waals surface area contributed by atoms with Crippen molar-refractivity contribution in [1.29, 1.82) is 5.26 Å². The lowest BCUT2D eigenvalue weighted by molar-refractivity contribution is 0.316. The Bertz CT molecular complexity index is 947. The van der Waals surface area contributed by atoms with Crippen LogP contribution in [0.1, 0.15) is 18.9 Å². The van der Waals surface area contributed by atoms with Gasteiger partial charge in [-0.15, -0.1) is 0 Å². The zero-order valence-corrected chi connectivity index (χ0v) is 15.5. The molecule has 0 fully saturated rings. The highest BCUT2D eigenvalue weighted by atomic mass is 127. The maximum absolute atomic E-state index is 9.60. The van der Waals surface area contributed by atoms with E-state index in [1.807, 2.05) is 29.5 Å². The van der Waals surface area contributed by atoms with E-state index >= 15 is 0 Å². The molecule has 7 heteroatoms. The number of halogens is 1. The second-order valence-corrected chi connectivity index (χ2v) is 6.42. The Kier molecular flexibility index (Phi) is 5.19. The van der Waals surface area contributed by atoms with Gasteiger partial charge >= 0.3 is 0 Å². The first-order valence-corrected chi connectivity index (χ1v) is 8.70. The molecular formula is C18H14IN3O3. The van der Waals surface area contributed by atoms with Crippen molar-refractivity contribution in [2.75, 3.05) is 6.61 Å². The second kappa shape index (κ2) is 7.53. The molecule has 1 N–H and O–H groups in total. The summed E-state index contributed by atoms with van der Waals surface area (Å²) in [6, 6.07) is 12.4. The normalized spacial score (nSPS) is 10.4. The van der Waals surface area contributed by atoms with Gasteiger partial charge in [-0.3, -0.25) is 0 Å². The number of nitrogens with zero attached hydrogens (tertiary/aromatic N) is 3. The Morgan fingerprint density at radius 2 is 2.04 bits per heavy atom. The SMILES string of the molecule is CCCOc1ccc(-c2nc(-c3ccc(O)c(I)c3)no2)cc1C#N. The average Bonchev–Trinajstić information content (AvgIpc) is 3.12. The first kappa shape index (κ1) is 17.2. The lowest BCUT2D eigenvalue weighted by Gasteiger charge is -2.06. The van der Waals surface area contributed by atoms with Crippen LogP contribution in [0.2, 0.25) is 0 Å². The van der Waals surface area contributed by atoms with Gasteiger partial charge in [-0.2, -0.15) is 10.2 Å². The van der Waals surface area contributed by atoms with Gasteiger partial charge in [0.25, 0.3) is 5.89 Å². The minimum atomic E-state index is 0.203. The van der Waals surface area contributed by atoms with Gasteiger partial charge in [0.1, 0.15) is 17.6 Å². The molecule has 0 aliphatic rings. The van der Waals surface area contributed by atoms with Crippen LogP contribution in [0.3, 0.4) is 0 Å². The van der Waals surface area contributed by atoms with E-state index in [2.05, 4.69) is 16.2 Å². The van der Waals surface area contributed by atoms with E-state index in [9.17, 15) is 10.4 Å². The number of rotatable bonds is 5. The van der Waals surface area contributed by atoms with Crippen LogP contribution in [0.15, 0.2) is 40.9 Å². The minimum Gasteiger partial charge on any atom is -0.507 e. The van der Waals surface area contributed by atoms with E-state index in [1.165, 1.54) is 0 Å². The molecule has 1 heterocycles. The number of hydrogen-bond acceptors (Lipinski definition) is 6. The van der Waals surface area contributed by atoms with Crippen molar-refractivity contribution < 1.29 is 14.4 Å². The molecule has 126 valence electrons. The van der Waals surface area contributed by atoms with Crippen molar-refractivity contribution >= 4 is 22.6 Å². The lowest BCUT2D eigenvalue weighted by Crippen LogP contribution is -1.97. The molecule has 6 nitrogen and oxygen atoms in total. The lowest BCUT2D eigenvalue weighted by atomic mass is 10.1. The fourth-order valence-corrected chi connectivity index (χ4v) is 2.71. The molecule has 0 atom stereocenters. The maximum Gasteiger partial charge on any atom is 0.258 e. The van der Waals surface area contributed by atoms with Crippen molar-refractivity contribution in [3.63, 3.8) is 0 Å². The molecule has 2 aromatic carbocycles. The van der Waals surface area contributed by atoms with Gasteiger partial charge in [-0.1, -0.05) is 12.1 Å². The van der Waals surface area contributed by atoms with Gasteiger partial charge in [0.15, 0.2) is 0 Å². The Morgan fingerprint density at radius 3 is 2.76 bits per heavy atom. The third-order valence-electron chi connectivity index (χ3n) is 3.44. The van der Waals surface area contributed by atoms with Crippen molar-refractivity contribution in [2.24, 2.45) is 0 Å². The third-order valence-corrected chi connectivity index (χ3v) is 4.30. The van der Waals surface area contributed by atoms with Crippen LogP contribution in [-0.4, -0.2) is 21.9 Å². The highest BCUT2D eigenvalue weighted by molar-refractivity contribution is 14.1. The third kappa shape index (κ3) is 3.74. The second-order valence-electron chi connectivity index (χ2n) is 5.26. The molecule has 0 bridgehead atoms. The number of ether oxygens (including phenoxy) is 1. The number of aromatic hydroxyl groups is 1. The summed E-state index contributed by atoms with van der Waals surface area (Å²) in [5, 5.41) is 22.9. The summed E-state index contributed by atoms with van der Waals surface area (Å²) in [4.78, 5) is 4.38. The highest BCUT2D eigenvalue weighted by Crippen LogP contribution is 2.29. The topological polar surface area (TPSA) is 92.2 Å². The van der Waals surface area contributed by atoms with E-state index < -0.39 is 0 Å². The number of hydrogen-bond donors (Lipinski definition) is 1. The molecule has 0 unspecified atom stereocenters. The number of benzene rings is 2. The number of phenolic OH excluding ortho intramolecular Hbond substituents is 1. The van der Waals surface area contributed by atoms with E-state index in [0.717, 1.165) is 12.0 Å². The predicted octanol–water partition coefficient (Wildman–Crippen LogP) is 4.37. The average molecular weight is 447 g/mol. The summed E-state index contributed by atoms with van der Waals surface area (Å²) in [6.45, 7) is 2.56. The molecular weight excluding hydrogens is 433 g/mol. The molecule has 0 radical (unpaired) electrons. The molecule has 0 aliphatic carbocycles. The van der Waals surface area contributed by atoms with Crippen LogP contribution in [0.5, 0.6) is 11.5 Å². The van der Waals surface area contributed by atoms with Gasteiger partial charge in [-0.05, 0) is 65.4 Å². The Hall–Kier alpha value is -2.60. The standard InChI is InChI=1S/C18H14IN3O3/c1-2-7-24-16-6-4-12(8-13(16)10-20)18-21-17(22-25-18)11-3-5-15(23)14(19)9-11/h3-6,8-9,23H,2,7H2,1H3. The Labute approximate surface area is 158 Å². The van der Waals surface area contributed by atoms with Gasteiger partial charge in [0.05, 0.1) is 15.7 Å². The van der Waals surface area contributed by atoms with Crippen LogP contribution in [0.25, 0.3) is 22.8 Å². The fourth-order valence-electron chi connectivity index (χ4n) is 2.19. The van der Waals surface area contributed by atoms with Gasteiger partial charge in [-0.25, -0.2) is 0 Å². The van der Waals surface area contributed by atoms with Crippen molar-refractivity contribution in [1.82, 2.24) is 10.1 Å². The van der Waals surface area contributed by atoms with Crippen LogP contribution in [0, 0.1) is 14.9 Å². The highest BCUT2D eigenvalue weighted by Gasteiger charge is 2.14. The van der Waals surface area contributed by atoms with E-state index in [4.69, 9.17) is 9.26 Å². The van der Waals surface area contributed by atoms with Crippen LogP contribution >= 0.6 is 22.6 Å². The van der Waals surface area contributed by atoms with Crippen LogP contribution in [-0.2, 0) is 0 Å². The first-order valence-electron chi connectivity index (χ1n) is 7.62. The molecule has 0 amide bonds. The zero-order chi connectivity index (χ0) is 17.8. The van der Waals surface area contributed by atoms with Crippen molar-refractivity contribution in [3.8, 4) is 40.4 Å². The maximum atomic E-state index is 9.60. The minimum absolute atomic E-state index is 0.203. The molecule has 0 saturated carbocycles.